The molecular weight excluding hydrogens is 308 g/mol. The van der Waals surface area contributed by atoms with E-state index in [4.69, 9.17) is 0 Å². The summed E-state index contributed by atoms with van der Waals surface area (Å²) < 4.78 is 0. The maximum absolute atomic E-state index is 12.1. The molecule has 0 unspecified atom stereocenters. The number of aliphatic imine (C=N–C) groups is 1. The lowest BCUT2D eigenvalue weighted by molar-refractivity contribution is 0.101. The molecular formula is C17H20N4OS. The molecule has 1 aromatic heterocycles. The highest BCUT2D eigenvalue weighted by molar-refractivity contribution is 7.98. The van der Waals surface area contributed by atoms with Crippen LogP contribution in [-0.4, -0.2) is 46.8 Å². The second kappa shape index (κ2) is 7.37. The lowest BCUT2D eigenvalue weighted by Crippen LogP contribution is -2.18. The Morgan fingerprint density at radius 3 is 2.30 bits per heavy atom. The molecule has 0 aliphatic heterocycles. The van der Waals surface area contributed by atoms with Crippen molar-refractivity contribution in [3.05, 3.63) is 35.9 Å². The van der Waals surface area contributed by atoms with E-state index in [-0.39, 0.29) is 5.78 Å². The minimum absolute atomic E-state index is 0.0840. The Morgan fingerprint density at radius 2 is 1.78 bits per heavy atom. The van der Waals surface area contributed by atoms with Crippen LogP contribution >= 0.6 is 11.8 Å². The first-order chi connectivity index (χ1) is 10.9. The normalized spacial score (nSPS) is 11.4. The lowest BCUT2D eigenvalue weighted by atomic mass is 10.2. The average molecular weight is 328 g/mol. The molecule has 0 saturated carbocycles. The largest absolute Gasteiger partial charge is 0.366 e. The Bertz CT molecular complexity index is 742. The van der Waals surface area contributed by atoms with Crippen molar-refractivity contribution in [2.45, 2.75) is 18.9 Å². The third kappa shape index (κ3) is 3.96. The van der Waals surface area contributed by atoms with E-state index < -0.39 is 0 Å². The number of hydrogen-bond acceptors (Lipinski definition) is 5. The first kappa shape index (κ1) is 17.1. The zero-order valence-electron chi connectivity index (χ0n) is 14.0. The molecule has 0 aliphatic carbocycles. The minimum atomic E-state index is -0.0840. The van der Waals surface area contributed by atoms with Gasteiger partial charge in [0.2, 0.25) is 0 Å². The molecule has 0 radical (unpaired) electrons. The third-order valence-corrected chi connectivity index (χ3v) is 4.03. The summed E-state index contributed by atoms with van der Waals surface area (Å²) in [5.41, 5.74) is 1.37. The number of thioether (sulfide) groups is 1. The van der Waals surface area contributed by atoms with E-state index in [9.17, 15) is 4.79 Å². The Morgan fingerprint density at radius 1 is 1.13 bits per heavy atom. The molecule has 2 aromatic rings. The molecule has 0 spiro atoms. The molecule has 0 aliphatic rings. The summed E-state index contributed by atoms with van der Waals surface area (Å²) in [7, 11) is 3.81. The highest BCUT2D eigenvalue weighted by Gasteiger charge is 2.18. The molecule has 2 rings (SSSR count). The average Bonchev–Trinajstić information content (AvgIpc) is 2.54. The summed E-state index contributed by atoms with van der Waals surface area (Å²) in [5, 5.41) is 0.650. The smallest absolute Gasteiger partial charge is 0.169 e. The highest BCUT2D eigenvalue weighted by Crippen LogP contribution is 2.30. The van der Waals surface area contributed by atoms with E-state index in [0.29, 0.717) is 22.2 Å². The molecule has 23 heavy (non-hydrogen) atoms. The van der Waals surface area contributed by atoms with Crippen LogP contribution in [0.2, 0.25) is 0 Å². The number of rotatable bonds is 4. The van der Waals surface area contributed by atoms with E-state index in [0.717, 1.165) is 11.4 Å². The molecule has 5 nitrogen and oxygen atoms in total. The Hall–Kier alpha value is -2.21. The number of aromatic nitrogens is 2. The van der Waals surface area contributed by atoms with Crippen molar-refractivity contribution < 1.29 is 4.79 Å². The summed E-state index contributed by atoms with van der Waals surface area (Å²) in [4.78, 5) is 27.6. The zero-order chi connectivity index (χ0) is 17.0. The first-order valence-corrected chi connectivity index (χ1v) is 8.41. The van der Waals surface area contributed by atoms with Gasteiger partial charge in [-0.1, -0.05) is 30.3 Å². The predicted molar refractivity (Wildman–Crippen MR) is 95.7 cm³/mol. The maximum atomic E-state index is 12.1. The summed E-state index contributed by atoms with van der Waals surface area (Å²) in [6.07, 6.45) is 1.90. The summed E-state index contributed by atoms with van der Waals surface area (Å²) in [6.45, 7) is 3.40. The van der Waals surface area contributed by atoms with Crippen LogP contribution in [0.1, 0.15) is 24.2 Å². The number of carbonyl (C=O) groups excluding carboxylic acids is 1. The van der Waals surface area contributed by atoms with Crippen LogP contribution in [0.4, 0.5) is 5.82 Å². The third-order valence-electron chi connectivity index (χ3n) is 3.35. The molecule has 1 heterocycles. The second-order valence-corrected chi connectivity index (χ2v) is 6.03. The lowest BCUT2D eigenvalue weighted by Gasteiger charge is -2.13. The van der Waals surface area contributed by atoms with Crippen LogP contribution in [0, 0.1) is 0 Å². The molecule has 0 fully saturated rings. The van der Waals surface area contributed by atoms with Gasteiger partial charge in [0.1, 0.15) is 10.9 Å². The molecule has 0 amide bonds. The van der Waals surface area contributed by atoms with Gasteiger partial charge in [-0.05, 0) is 20.1 Å². The number of hydrogen-bond donors (Lipinski definition) is 0. The molecule has 0 bridgehead atoms. The highest BCUT2D eigenvalue weighted by atomic mass is 32.2. The quantitative estimate of drug-likeness (QED) is 0.282. The molecule has 6 heteroatoms. The zero-order valence-corrected chi connectivity index (χ0v) is 14.8. The van der Waals surface area contributed by atoms with Gasteiger partial charge in [0, 0.05) is 19.7 Å². The fourth-order valence-corrected chi connectivity index (χ4v) is 2.55. The number of nitrogens with zero attached hydrogens (tertiary/aromatic N) is 4. The van der Waals surface area contributed by atoms with Crippen LogP contribution in [0.25, 0.3) is 11.4 Å². The van der Waals surface area contributed by atoms with Crippen molar-refractivity contribution in [3.8, 4) is 11.4 Å². The SMILES string of the molecule is CSc1nc(-c2ccccc2)nc(/N=C(/C)N(C)C)c1C(C)=O. The van der Waals surface area contributed by atoms with Gasteiger partial charge in [0.25, 0.3) is 0 Å². The van der Waals surface area contributed by atoms with Crippen molar-refractivity contribution in [1.29, 1.82) is 0 Å². The van der Waals surface area contributed by atoms with E-state index in [1.165, 1.54) is 18.7 Å². The van der Waals surface area contributed by atoms with Gasteiger partial charge in [-0.15, -0.1) is 11.8 Å². The summed E-state index contributed by atoms with van der Waals surface area (Å²) in [5.74, 6) is 1.68. The summed E-state index contributed by atoms with van der Waals surface area (Å²) >= 11 is 1.43. The van der Waals surface area contributed by atoms with E-state index in [2.05, 4.69) is 15.0 Å². The molecule has 120 valence electrons. The minimum Gasteiger partial charge on any atom is -0.366 e. The van der Waals surface area contributed by atoms with E-state index >= 15 is 0 Å². The number of benzene rings is 1. The van der Waals surface area contributed by atoms with E-state index in [1.807, 2.05) is 62.5 Å². The molecule has 1 aromatic carbocycles. The number of ketones is 1. The van der Waals surface area contributed by atoms with Crippen molar-refractivity contribution in [2.24, 2.45) is 4.99 Å². The summed E-state index contributed by atoms with van der Waals surface area (Å²) in [6, 6.07) is 9.70. The van der Waals surface area contributed by atoms with Crippen molar-refractivity contribution in [2.75, 3.05) is 20.4 Å². The number of Topliss-reactive ketones (excluding diaryl/α,β-unsaturated/α-hetero) is 1. The molecule has 0 saturated heterocycles. The topological polar surface area (TPSA) is 58.5 Å². The Labute approximate surface area is 140 Å². The predicted octanol–water partition coefficient (Wildman–Crippen LogP) is 3.68. The van der Waals surface area contributed by atoms with Gasteiger partial charge in [0.05, 0.1) is 5.56 Å². The molecule has 0 N–H and O–H groups in total. The van der Waals surface area contributed by atoms with Gasteiger partial charge in [-0.3, -0.25) is 4.79 Å². The van der Waals surface area contributed by atoms with Gasteiger partial charge in [-0.25, -0.2) is 15.0 Å². The fourth-order valence-electron chi connectivity index (χ4n) is 1.94. The van der Waals surface area contributed by atoms with Gasteiger partial charge in [0.15, 0.2) is 17.4 Å². The van der Waals surface area contributed by atoms with Gasteiger partial charge < -0.3 is 4.90 Å². The Balaban J connectivity index is 2.70. The van der Waals surface area contributed by atoms with Crippen LogP contribution in [0.5, 0.6) is 0 Å². The van der Waals surface area contributed by atoms with Crippen molar-refractivity contribution >= 4 is 29.2 Å². The second-order valence-electron chi connectivity index (χ2n) is 5.23. The van der Waals surface area contributed by atoms with Crippen LogP contribution in [0.3, 0.4) is 0 Å². The number of carbonyl (C=O) groups is 1. The van der Waals surface area contributed by atoms with Crippen LogP contribution in [0.15, 0.2) is 40.4 Å². The van der Waals surface area contributed by atoms with Gasteiger partial charge >= 0.3 is 0 Å². The van der Waals surface area contributed by atoms with Crippen LogP contribution in [-0.2, 0) is 0 Å². The monoisotopic (exact) mass is 328 g/mol. The molecule has 0 atom stereocenters. The standard InChI is InChI=1S/C17H20N4OS/c1-11(22)14-16(18-12(2)21(3)4)19-15(20-17(14)23-5)13-9-7-6-8-10-13/h6-10H,1-5H3/b18-12-. The fraction of sp³-hybridized carbons (Fsp3) is 0.294. The number of amidine groups is 1. The van der Waals surface area contributed by atoms with E-state index in [1.54, 1.807) is 0 Å². The van der Waals surface area contributed by atoms with Crippen molar-refractivity contribution in [3.63, 3.8) is 0 Å². The van der Waals surface area contributed by atoms with Gasteiger partial charge in [-0.2, -0.15) is 0 Å². The maximum Gasteiger partial charge on any atom is 0.169 e. The first-order valence-electron chi connectivity index (χ1n) is 7.19. The van der Waals surface area contributed by atoms with Crippen LogP contribution < -0.4 is 0 Å². The van der Waals surface area contributed by atoms with Crippen molar-refractivity contribution in [1.82, 2.24) is 14.9 Å². The Kier molecular flexibility index (Phi) is 5.50.